The summed E-state index contributed by atoms with van der Waals surface area (Å²) in [5.41, 5.74) is 8.12. The van der Waals surface area contributed by atoms with Gasteiger partial charge < -0.3 is 4.90 Å². The molecule has 1 amide bonds. The minimum atomic E-state index is -1.44. The Morgan fingerprint density at radius 2 is 1.52 bits per heavy atom. The van der Waals surface area contributed by atoms with E-state index < -0.39 is 16.1 Å². The number of carbonyl (C=O) groups excluding carboxylic acids is 1. The van der Waals surface area contributed by atoms with E-state index in [0.717, 1.165) is 12.1 Å². The van der Waals surface area contributed by atoms with E-state index >= 15 is 0 Å². The third-order valence-corrected chi connectivity index (χ3v) is 5.99. The Labute approximate surface area is 142 Å². The molecule has 1 aliphatic heterocycles. The highest BCUT2D eigenvalue weighted by molar-refractivity contribution is 6.82. The summed E-state index contributed by atoms with van der Waals surface area (Å²) in [6, 6.07) is 10.3. The van der Waals surface area contributed by atoms with Gasteiger partial charge in [0.1, 0.15) is 0 Å². The van der Waals surface area contributed by atoms with Gasteiger partial charge in [-0.3, -0.25) is 4.79 Å². The van der Waals surface area contributed by atoms with Gasteiger partial charge in [0.2, 0.25) is 0 Å². The number of amides is 1. The maximum atomic E-state index is 12.9. The summed E-state index contributed by atoms with van der Waals surface area (Å²) in [4.78, 5) is 14.9. The van der Waals surface area contributed by atoms with Gasteiger partial charge in [-0.2, -0.15) is 0 Å². The lowest BCUT2D eigenvalue weighted by atomic mass is 10.2. The predicted octanol–water partition coefficient (Wildman–Crippen LogP) is 4.64. The minimum Gasteiger partial charge on any atom is -0.330 e. The monoisotopic (exact) mass is 343 g/mol. The fraction of sp³-hybridized carbons (Fsp3) is 0.421. The summed E-state index contributed by atoms with van der Waals surface area (Å²) >= 11 is 0. The fourth-order valence-corrected chi connectivity index (χ4v) is 5.30. The third-order valence-electron chi connectivity index (χ3n) is 3.63. The molecule has 0 atom stereocenters. The lowest BCUT2D eigenvalue weighted by Crippen LogP contribution is -2.25. The predicted molar refractivity (Wildman–Crippen MR) is 105 cm³/mol. The van der Waals surface area contributed by atoms with Crippen LogP contribution in [0.5, 0.6) is 0 Å². The number of benzene rings is 1. The van der Waals surface area contributed by atoms with Crippen LogP contribution in [0.1, 0.15) is 5.56 Å². The molecule has 0 spiro atoms. The third kappa shape index (κ3) is 5.32. The van der Waals surface area contributed by atoms with Crippen molar-refractivity contribution in [2.45, 2.75) is 45.8 Å². The van der Waals surface area contributed by atoms with Crippen molar-refractivity contribution in [1.82, 2.24) is 4.90 Å². The van der Waals surface area contributed by atoms with Gasteiger partial charge in [0, 0.05) is 18.7 Å². The highest BCUT2D eigenvalue weighted by Crippen LogP contribution is 2.28. The van der Waals surface area contributed by atoms with E-state index in [2.05, 4.69) is 62.8 Å². The van der Waals surface area contributed by atoms with Crippen molar-refractivity contribution in [3.05, 3.63) is 58.4 Å². The quantitative estimate of drug-likeness (QED) is 0.576. The van der Waals surface area contributed by atoms with Gasteiger partial charge >= 0.3 is 0 Å². The van der Waals surface area contributed by atoms with Crippen molar-refractivity contribution in [3.8, 4) is 0 Å². The maximum absolute atomic E-state index is 12.9. The molecule has 1 fully saturated rings. The van der Waals surface area contributed by atoms with Crippen LogP contribution in [0.3, 0.4) is 0 Å². The van der Waals surface area contributed by atoms with E-state index in [0.29, 0.717) is 6.54 Å². The Morgan fingerprint density at radius 3 is 2.04 bits per heavy atom. The summed E-state index contributed by atoms with van der Waals surface area (Å²) in [6.07, 6.45) is 0. The van der Waals surface area contributed by atoms with Gasteiger partial charge in [0.25, 0.3) is 5.91 Å². The van der Waals surface area contributed by atoms with Crippen LogP contribution in [0, 0.1) is 0 Å². The molecule has 0 saturated carbocycles. The zero-order valence-corrected chi connectivity index (χ0v) is 17.3. The highest BCUT2D eigenvalue weighted by atomic mass is 28.3. The largest absolute Gasteiger partial charge is 0.330 e. The lowest BCUT2D eigenvalue weighted by molar-refractivity contribution is -0.125. The van der Waals surface area contributed by atoms with Crippen LogP contribution in [0.4, 0.5) is 0 Å². The molecule has 0 unspecified atom stereocenters. The molecule has 0 N–H and O–H groups in total. The van der Waals surface area contributed by atoms with Gasteiger partial charge in [0.15, 0.2) is 0 Å². The van der Waals surface area contributed by atoms with Crippen LogP contribution in [0.15, 0.2) is 52.9 Å². The van der Waals surface area contributed by atoms with Crippen molar-refractivity contribution >= 4 is 22.1 Å². The Hall–Kier alpha value is -1.40. The Balaban J connectivity index is 2.34. The van der Waals surface area contributed by atoms with Crippen LogP contribution in [0.25, 0.3) is 0 Å². The number of nitrogens with zero attached hydrogens (tertiary/aromatic N) is 1. The number of rotatable bonds is 4. The smallest absolute Gasteiger partial charge is 0.254 e. The van der Waals surface area contributed by atoms with Gasteiger partial charge in [-0.15, -0.1) is 0 Å². The molecule has 1 aromatic rings. The first kappa shape index (κ1) is 17.9. The average Bonchev–Trinajstić information content (AvgIpc) is 2.65. The zero-order valence-electron chi connectivity index (χ0n) is 15.3. The maximum Gasteiger partial charge on any atom is 0.254 e. The highest BCUT2D eigenvalue weighted by Gasteiger charge is 2.32. The second kappa shape index (κ2) is 6.61. The second-order valence-corrected chi connectivity index (χ2v) is 18.6. The first-order valence-electron chi connectivity index (χ1n) is 8.33. The molecule has 2 rings (SSSR count). The number of likely N-dealkylation sites (tertiary alicyclic amines) is 1. The molecular weight excluding hydrogens is 314 g/mol. The number of carbonyl (C=O) groups is 1. The molecule has 1 aromatic carbocycles. The molecule has 0 aliphatic carbocycles. The summed E-state index contributed by atoms with van der Waals surface area (Å²) < 4.78 is 0. The van der Waals surface area contributed by atoms with Gasteiger partial charge in [0.05, 0.1) is 16.1 Å². The first-order valence-corrected chi connectivity index (χ1v) is 15.5. The SMILES string of the molecule is C[Si](C)(C)/C=C1\CN(Cc2ccccc2)C(=O)\C1=C\[Si](C)(C)C. The summed E-state index contributed by atoms with van der Waals surface area (Å²) in [6.45, 7) is 15.3. The molecule has 23 heavy (non-hydrogen) atoms. The molecule has 0 radical (unpaired) electrons. The van der Waals surface area contributed by atoms with E-state index in [1.807, 2.05) is 23.1 Å². The normalized spacial score (nSPS) is 19.9. The molecule has 0 aromatic heterocycles. The fourth-order valence-electron chi connectivity index (χ4n) is 2.84. The first-order chi connectivity index (χ1) is 10.6. The Bertz CT molecular complexity index is 634. The second-order valence-electron chi connectivity index (χ2n) is 8.61. The molecule has 1 saturated heterocycles. The van der Waals surface area contributed by atoms with Crippen LogP contribution in [-0.2, 0) is 11.3 Å². The lowest BCUT2D eigenvalue weighted by Gasteiger charge is -2.15. The standard InChI is InChI=1S/C19H29NOSi2/c1-22(2,3)14-17-13-20(12-16-10-8-7-9-11-16)19(21)18(17)15-23(4,5)6/h7-11,14-15H,12-13H2,1-6H3/b17-14+,18-15+. The number of hydrogen-bond donors (Lipinski definition) is 0. The average molecular weight is 344 g/mol. The zero-order chi connectivity index (χ0) is 17.3. The van der Waals surface area contributed by atoms with E-state index in [4.69, 9.17) is 0 Å². The van der Waals surface area contributed by atoms with E-state index in [1.54, 1.807) is 0 Å². The number of hydrogen-bond acceptors (Lipinski definition) is 1. The van der Waals surface area contributed by atoms with Crippen molar-refractivity contribution in [2.75, 3.05) is 6.54 Å². The molecule has 124 valence electrons. The molecule has 1 aliphatic rings. The van der Waals surface area contributed by atoms with Crippen molar-refractivity contribution in [1.29, 1.82) is 0 Å². The van der Waals surface area contributed by atoms with Crippen LogP contribution in [0.2, 0.25) is 39.3 Å². The van der Waals surface area contributed by atoms with E-state index in [1.165, 1.54) is 11.1 Å². The van der Waals surface area contributed by atoms with Crippen molar-refractivity contribution in [3.63, 3.8) is 0 Å². The molecule has 1 heterocycles. The molecule has 2 nitrogen and oxygen atoms in total. The Kier molecular flexibility index (Phi) is 5.16. The minimum absolute atomic E-state index is 0.209. The molecule has 4 heteroatoms. The summed E-state index contributed by atoms with van der Waals surface area (Å²) in [5.74, 6) is 0.209. The van der Waals surface area contributed by atoms with Crippen LogP contribution in [-0.4, -0.2) is 33.5 Å². The van der Waals surface area contributed by atoms with E-state index in [-0.39, 0.29) is 5.91 Å². The van der Waals surface area contributed by atoms with Gasteiger partial charge in [-0.05, 0) is 11.1 Å². The summed E-state index contributed by atoms with van der Waals surface area (Å²) in [7, 11) is -2.79. The summed E-state index contributed by atoms with van der Waals surface area (Å²) in [5, 5.41) is 0. The van der Waals surface area contributed by atoms with Crippen molar-refractivity contribution in [2.24, 2.45) is 0 Å². The Morgan fingerprint density at radius 1 is 0.957 bits per heavy atom. The van der Waals surface area contributed by atoms with Crippen molar-refractivity contribution < 1.29 is 4.79 Å². The van der Waals surface area contributed by atoms with Crippen LogP contribution < -0.4 is 0 Å². The topological polar surface area (TPSA) is 20.3 Å². The van der Waals surface area contributed by atoms with Gasteiger partial charge in [-0.1, -0.05) is 81.0 Å². The van der Waals surface area contributed by atoms with Gasteiger partial charge in [-0.25, -0.2) is 0 Å². The molecule has 0 bridgehead atoms. The molecular formula is C19H29NOSi2. The van der Waals surface area contributed by atoms with Crippen LogP contribution >= 0.6 is 0 Å². The van der Waals surface area contributed by atoms with E-state index in [9.17, 15) is 4.79 Å².